The zero-order valence-corrected chi connectivity index (χ0v) is 9.07. The predicted octanol–water partition coefficient (Wildman–Crippen LogP) is 2.30. The van der Waals surface area contributed by atoms with Crippen molar-refractivity contribution in [3.05, 3.63) is 20.8 Å². The van der Waals surface area contributed by atoms with E-state index in [0.717, 1.165) is 4.47 Å². The van der Waals surface area contributed by atoms with Crippen LogP contribution in [0.3, 0.4) is 0 Å². The Hall–Kier alpha value is -0.420. The lowest BCUT2D eigenvalue weighted by molar-refractivity contribution is 0.0404. The van der Waals surface area contributed by atoms with Crippen LogP contribution in [0.25, 0.3) is 0 Å². The molecule has 2 heterocycles. The number of thiophene rings is 1. The van der Waals surface area contributed by atoms with Crippen molar-refractivity contribution in [2.24, 2.45) is 0 Å². The molecule has 1 amide bonds. The van der Waals surface area contributed by atoms with Gasteiger partial charge in [0.15, 0.2) is 0 Å². The number of halogens is 2. The highest BCUT2D eigenvalue weighted by Crippen LogP contribution is 2.26. The van der Waals surface area contributed by atoms with Crippen molar-refractivity contribution in [1.29, 1.82) is 0 Å². The third-order valence-electron chi connectivity index (χ3n) is 1.94. The Labute approximate surface area is 87.5 Å². The maximum atomic E-state index is 12.5. The van der Waals surface area contributed by atoms with Gasteiger partial charge in [0.25, 0.3) is 5.91 Å². The number of hydrogen-bond acceptors (Lipinski definition) is 2. The maximum Gasteiger partial charge on any atom is 0.265 e. The molecule has 5 heteroatoms. The molecule has 1 saturated heterocycles. The maximum absolute atomic E-state index is 12.5. The summed E-state index contributed by atoms with van der Waals surface area (Å²) in [5, 5.41) is 1.84. The first-order chi connectivity index (χ1) is 6.18. The van der Waals surface area contributed by atoms with E-state index in [1.54, 1.807) is 0 Å². The summed E-state index contributed by atoms with van der Waals surface area (Å²) in [7, 11) is 0. The fourth-order valence-electron chi connectivity index (χ4n) is 1.18. The summed E-state index contributed by atoms with van der Waals surface area (Å²) in [5.74, 6) is -0.0734. The van der Waals surface area contributed by atoms with Crippen LogP contribution in [0.15, 0.2) is 15.9 Å². The summed E-state index contributed by atoms with van der Waals surface area (Å²) in [4.78, 5) is 13.8. The van der Waals surface area contributed by atoms with E-state index in [-0.39, 0.29) is 19.0 Å². The summed E-state index contributed by atoms with van der Waals surface area (Å²) in [5.41, 5.74) is 0. The van der Waals surface area contributed by atoms with E-state index in [4.69, 9.17) is 0 Å². The molecular formula is C8H7BrFNOS. The topological polar surface area (TPSA) is 20.3 Å². The summed E-state index contributed by atoms with van der Waals surface area (Å²) in [6.07, 6.45) is -0.831. The predicted molar refractivity (Wildman–Crippen MR) is 52.8 cm³/mol. The number of carbonyl (C=O) groups excluding carboxylic acids is 1. The van der Waals surface area contributed by atoms with Crippen LogP contribution < -0.4 is 0 Å². The minimum atomic E-state index is -0.831. The van der Waals surface area contributed by atoms with Gasteiger partial charge in [-0.15, -0.1) is 11.3 Å². The normalized spacial score (nSPS) is 17.2. The van der Waals surface area contributed by atoms with Crippen molar-refractivity contribution < 1.29 is 9.18 Å². The van der Waals surface area contributed by atoms with Crippen molar-refractivity contribution in [3.8, 4) is 0 Å². The largest absolute Gasteiger partial charge is 0.332 e. The molecule has 1 aliphatic rings. The SMILES string of the molecule is O=C(c1sccc1Br)N1CC(F)C1. The minimum Gasteiger partial charge on any atom is -0.332 e. The highest BCUT2D eigenvalue weighted by Gasteiger charge is 2.32. The van der Waals surface area contributed by atoms with Crippen molar-refractivity contribution in [1.82, 2.24) is 4.90 Å². The Morgan fingerprint density at radius 3 is 2.85 bits per heavy atom. The second-order valence-corrected chi connectivity index (χ2v) is 4.68. The summed E-state index contributed by atoms with van der Waals surface area (Å²) in [6.45, 7) is 0.479. The van der Waals surface area contributed by atoms with Gasteiger partial charge in [0, 0.05) is 4.47 Å². The quantitative estimate of drug-likeness (QED) is 0.762. The fourth-order valence-corrected chi connectivity index (χ4v) is 2.69. The molecule has 0 unspecified atom stereocenters. The van der Waals surface area contributed by atoms with Crippen LogP contribution in [0, 0.1) is 0 Å². The smallest absolute Gasteiger partial charge is 0.265 e. The molecule has 1 aromatic rings. The number of rotatable bonds is 1. The molecule has 0 radical (unpaired) electrons. The average molecular weight is 264 g/mol. The standard InChI is InChI=1S/C8H7BrFNOS/c9-6-1-2-13-7(6)8(12)11-3-5(10)4-11/h1-2,5H,3-4H2. The molecule has 70 valence electrons. The Bertz CT molecular complexity index is 335. The van der Waals surface area contributed by atoms with Crippen LogP contribution in [0.5, 0.6) is 0 Å². The van der Waals surface area contributed by atoms with Gasteiger partial charge in [0.2, 0.25) is 0 Å². The van der Waals surface area contributed by atoms with Gasteiger partial charge in [-0.2, -0.15) is 0 Å². The van der Waals surface area contributed by atoms with Gasteiger partial charge in [-0.3, -0.25) is 4.79 Å². The van der Waals surface area contributed by atoms with E-state index in [0.29, 0.717) is 4.88 Å². The van der Waals surface area contributed by atoms with E-state index in [1.807, 2.05) is 11.4 Å². The molecule has 13 heavy (non-hydrogen) atoms. The zero-order valence-electron chi connectivity index (χ0n) is 6.67. The van der Waals surface area contributed by atoms with Crippen molar-refractivity contribution in [2.45, 2.75) is 6.17 Å². The van der Waals surface area contributed by atoms with Gasteiger partial charge >= 0.3 is 0 Å². The lowest BCUT2D eigenvalue weighted by Crippen LogP contribution is -2.51. The Morgan fingerprint density at radius 1 is 1.69 bits per heavy atom. The molecule has 0 aromatic carbocycles. The second-order valence-electron chi connectivity index (χ2n) is 2.91. The lowest BCUT2D eigenvalue weighted by Gasteiger charge is -2.33. The van der Waals surface area contributed by atoms with Crippen molar-refractivity contribution in [2.75, 3.05) is 13.1 Å². The molecule has 0 aliphatic carbocycles. The Morgan fingerprint density at radius 2 is 2.38 bits per heavy atom. The summed E-state index contributed by atoms with van der Waals surface area (Å²) in [6, 6.07) is 1.82. The van der Waals surface area contributed by atoms with Crippen LogP contribution in [0.2, 0.25) is 0 Å². The highest BCUT2D eigenvalue weighted by molar-refractivity contribution is 9.10. The third kappa shape index (κ3) is 1.62. The van der Waals surface area contributed by atoms with Crippen LogP contribution in [-0.4, -0.2) is 30.1 Å². The van der Waals surface area contributed by atoms with Crippen LogP contribution >= 0.6 is 27.3 Å². The van der Waals surface area contributed by atoms with Gasteiger partial charge in [0.1, 0.15) is 11.0 Å². The van der Waals surface area contributed by atoms with E-state index in [1.165, 1.54) is 16.2 Å². The fraction of sp³-hybridized carbons (Fsp3) is 0.375. The molecule has 1 aliphatic heterocycles. The number of carbonyl (C=O) groups is 1. The van der Waals surface area contributed by atoms with Crippen molar-refractivity contribution in [3.63, 3.8) is 0 Å². The van der Waals surface area contributed by atoms with Gasteiger partial charge < -0.3 is 4.90 Å². The van der Waals surface area contributed by atoms with Gasteiger partial charge in [-0.1, -0.05) is 0 Å². The molecule has 0 spiro atoms. The molecule has 2 nitrogen and oxygen atoms in total. The third-order valence-corrected chi connectivity index (χ3v) is 3.76. The number of nitrogens with zero attached hydrogens (tertiary/aromatic N) is 1. The van der Waals surface area contributed by atoms with Gasteiger partial charge in [0.05, 0.1) is 13.1 Å². The summed E-state index contributed by atoms with van der Waals surface area (Å²) >= 11 is 4.65. The number of amides is 1. The molecule has 1 aromatic heterocycles. The highest BCUT2D eigenvalue weighted by atomic mass is 79.9. The van der Waals surface area contributed by atoms with Crippen LogP contribution in [0.4, 0.5) is 4.39 Å². The minimum absolute atomic E-state index is 0.0734. The number of likely N-dealkylation sites (tertiary alicyclic amines) is 1. The van der Waals surface area contributed by atoms with Crippen LogP contribution in [-0.2, 0) is 0 Å². The molecule has 1 fully saturated rings. The van der Waals surface area contributed by atoms with E-state index in [2.05, 4.69) is 15.9 Å². The Balaban J connectivity index is 2.10. The van der Waals surface area contributed by atoms with E-state index < -0.39 is 6.17 Å². The average Bonchev–Trinajstić information content (AvgIpc) is 2.44. The first-order valence-electron chi connectivity index (χ1n) is 3.85. The molecule has 0 atom stereocenters. The molecule has 0 bridgehead atoms. The lowest BCUT2D eigenvalue weighted by atomic mass is 10.2. The second kappa shape index (κ2) is 3.38. The summed E-state index contributed by atoms with van der Waals surface area (Å²) < 4.78 is 13.3. The van der Waals surface area contributed by atoms with Gasteiger partial charge in [-0.05, 0) is 27.4 Å². The number of hydrogen-bond donors (Lipinski definition) is 0. The number of alkyl halides is 1. The molecular weight excluding hydrogens is 257 g/mol. The molecule has 0 saturated carbocycles. The van der Waals surface area contributed by atoms with Crippen LogP contribution in [0.1, 0.15) is 9.67 Å². The molecule has 2 rings (SSSR count). The molecule has 0 N–H and O–H groups in total. The monoisotopic (exact) mass is 263 g/mol. The van der Waals surface area contributed by atoms with E-state index in [9.17, 15) is 9.18 Å². The van der Waals surface area contributed by atoms with E-state index >= 15 is 0 Å². The Kier molecular flexibility index (Phi) is 2.38. The van der Waals surface area contributed by atoms with Crippen molar-refractivity contribution >= 4 is 33.2 Å². The first kappa shape index (κ1) is 9.15. The zero-order chi connectivity index (χ0) is 9.42. The van der Waals surface area contributed by atoms with Gasteiger partial charge in [-0.25, -0.2) is 4.39 Å². The first-order valence-corrected chi connectivity index (χ1v) is 5.52.